The summed E-state index contributed by atoms with van der Waals surface area (Å²) in [5.74, 6) is 1.66. The molecule has 0 spiro atoms. The molecule has 2 aromatic carbocycles. The number of benzene rings is 2. The lowest BCUT2D eigenvalue weighted by Gasteiger charge is -2.10. The van der Waals surface area contributed by atoms with Crippen LogP contribution in [-0.2, 0) is 13.6 Å². The predicted octanol–water partition coefficient (Wildman–Crippen LogP) is 6.06. The van der Waals surface area contributed by atoms with E-state index in [9.17, 15) is 0 Å². The Morgan fingerprint density at radius 3 is 2.76 bits per heavy atom. The molecule has 0 aliphatic rings. The zero-order valence-electron chi connectivity index (χ0n) is 17.7. The van der Waals surface area contributed by atoms with E-state index in [0.29, 0.717) is 33.8 Å². The second-order valence-corrected chi connectivity index (χ2v) is 8.20. The number of ether oxygens (including phenoxy) is 1. The van der Waals surface area contributed by atoms with Gasteiger partial charge in [0.15, 0.2) is 17.1 Å². The number of hydrogen-bond donors (Lipinski definition) is 1. The summed E-state index contributed by atoms with van der Waals surface area (Å²) in [4.78, 5) is 8.01. The van der Waals surface area contributed by atoms with Gasteiger partial charge in [-0.05, 0) is 42.5 Å². The molecule has 1 N–H and O–H groups in total. The normalized spacial score (nSPS) is 11.1. The van der Waals surface area contributed by atoms with Crippen molar-refractivity contribution in [2.24, 2.45) is 7.05 Å². The molecule has 164 valence electrons. The number of anilines is 1. The van der Waals surface area contributed by atoms with E-state index < -0.39 is 0 Å². The fourth-order valence-corrected chi connectivity index (χ4v) is 4.14. The van der Waals surface area contributed by atoms with E-state index in [0.717, 1.165) is 33.4 Å². The van der Waals surface area contributed by atoms with Gasteiger partial charge in [0.1, 0.15) is 11.6 Å². The summed E-state index contributed by atoms with van der Waals surface area (Å²) in [7, 11) is 3.70. The van der Waals surface area contributed by atoms with Crippen molar-refractivity contribution in [3.8, 4) is 11.5 Å². The fourth-order valence-electron chi connectivity index (χ4n) is 3.72. The maximum absolute atomic E-state index is 7.24. The molecule has 33 heavy (non-hydrogen) atoms. The van der Waals surface area contributed by atoms with Gasteiger partial charge in [-0.1, -0.05) is 23.2 Å². The largest absolute Gasteiger partial charge is 0.456 e. The molecule has 3 heterocycles. The van der Waals surface area contributed by atoms with Gasteiger partial charge in [-0.2, -0.15) is 10.2 Å². The van der Waals surface area contributed by atoms with Crippen molar-refractivity contribution in [1.82, 2.24) is 24.5 Å². The van der Waals surface area contributed by atoms with Crippen LogP contribution in [0.5, 0.6) is 11.5 Å². The number of aromatic nitrogens is 5. The average molecular weight is 478 g/mol. The second-order valence-electron chi connectivity index (χ2n) is 7.36. The molecule has 5 rings (SSSR count). The molecule has 0 radical (unpaired) electrons. The summed E-state index contributed by atoms with van der Waals surface area (Å²) >= 11 is 12.6. The Kier molecular flexibility index (Phi) is 5.29. The van der Waals surface area contributed by atoms with Crippen LogP contribution in [0.15, 0.2) is 48.7 Å². The molecular weight excluding hydrogens is 461 g/mol. The standard InChI is InChI=1S/C23H17Cl2N7O/c1-26-14-8-13(24)9-15(10-14)33-22-17-11-28-32(20(17)6-5-18(22)25)12-19-16-4-7-21(27-2)29-23(16)31(3)30-19/h4-11H,12H2,2-3H3,(H,27,29). The third-order valence-corrected chi connectivity index (χ3v) is 5.77. The number of halogens is 2. The Labute approximate surface area is 199 Å². The Hall–Kier alpha value is -3.80. The lowest BCUT2D eigenvalue weighted by Crippen LogP contribution is -2.03. The van der Waals surface area contributed by atoms with Crippen molar-refractivity contribution in [2.75, 3.05) is 12.4 Å². The van der Waals surface area contributed by atoms with Crippen LogP contribution in [0.4, 0.5) is 11.5 Å². The zero-order valence-corrected chi connectivity index (χ0v) is 19.2. The van der Waals surface area contributed by atoms with Gasteiger partial charge in [0, 0.05) is 24.5 Å². The number of nitrogens with one attached hydrogen (secondary N) is 1. The minimum Gasteiger partial charge on any atom is -0.456 e. The summed E-state index contributed by atoms with van der Waals surface area (Å²) in [6, 6.07) is 12.4. The number of hydrogen-bond acceptors (Lipinski definition) is 5. The van der Waals surface area contributed by atoms with Crippen molar-refractivity contribution in [3.05, 3.63) is 75.8 Å². The van der Waals surface area contributed by atoms with Crippen LogP contribution < -0.4 is 10.1 Å². The Bertz CT molecular complexity index is 1570. The van der Waals surface area contributed by atoms with E-state index in [1.807, 2.05) is 37.0 Å². The van der Waals surface area contributed by atoms with Crippen LogP contribution in [0.3, 0.4) is 0 Å². The highest BCUT2D eigenvalue weighted by atomic mass is 35.5. The molecule has 0 aliphatic carbocycles. The summed E-state index contributed by atoms with van der Waals surface area (Å²) in [5.41, 5.74) is 2.85. The molecule has 10 heteroatoms. The average Bonchev–Trinajstić information content (AvgIpc) is 3.36. The summed E-state index contributed by atoms with van der Waals surface area (Å²) < 4.78 is 9.66. The number of pyridine rings is 1. The first-order chi connectivity index (χ1) is 16.0. The summed E-state index contributed by atoms with van der Waals surface area (Å²) in [6.45, 7) is 7.68. The monoisotopic (exact) mass is 477 g/mol. The minimum atomic E-state index is 0.383. The Morgan fingerprint density at radius 2 is 1.97 bits per heavy atom. The summed E-state index contributed by atoms with van der Waals surface area (Å²) in [5, 5.41) is 14.8. The van der Waals surface area contributed by atoms with Gasteiger partial charge in [-0.15, -0.1) is 0 Å². The third-order valence-electron chi connectivity index (χ3n) is 5.25. The van der Waals surface area contributed by atoms with E-state index in [-0.39, 0.29) is 0 Å². The highest BCUT2D eigenvalue weighted by Crippen LogP contribution is 2.38. The lowest BCUT2D eigenvalue weighted by atomic mass is 10.2. The van der Waals surface area contributed by atoms with Crippen LogP contribution in [0.25, 0.3) is 26.8 Å². The number of fused-ring (bicyclic) bond motifs is 2. The van der Waals surface area contributed by atoms with Gasteiger partial charge in [0.05, 0.1) is 40.9 Å². The molecule has 0 amide bonds. The topological polar surface area (TPSA) is 74.1 Å². The SMILES string of the molecule is [C-]#[N+]c1cc(Cl)cc(Oc2c(Cl)ccc3c2cnn3Cc2nn(C)c3nc(NC)ccc23)c1. The first-order valence-corrected chi connectivity index (χ1v) is 10.7. The molecule has 3 aromatic heterocycles. The lowest BCUT2D eigenvalue weighted by molar-refractivity contribution is 0.489. The number of rotatable bonds is 5. The van der Waals surface area contributed by atoms with Crippen molar-refractivity contribution in [3.63, 3.8) is 0 Å². The van der Waals surface area contributed by atoms with Crippen molar-refractivity contribution in [1.29, 1.82) is 0 Å². The highest BCUT2D eigenvalue weighted by molar-refractivity contribution is 6.33. The smallest absolute Gasteiger partial charge is 0.192 e. The van der Waals surface area contributed by atoms with Gasteiger partial charge in [-0.25, -0.2) is 9.83 Å². The quantitative estimate of drug-likeness (QED) is 0.311. The van der Waals surface area contributed by atoms with Crippen LogP contribution in [0.2, 0.25) is 10.0 Å². The van der Waals surface area contributed by atoms with Crippen molar-refractivity contribution in [2.45, 2.75) is 6.54 Å². The van der Waals surface area contributed by atoms with Crippen LogP contribution >= 0.6 is 23.2 Å². The molecule has 0 saturated carbocycles. The molecular formula is C23H17Cl2N7O. The molecule has 0 aliphatic heterocycles. The van der Waals surface area contributed by atoms with Crippen LogP contribution in [0.1, 0.15) is 5.69 Å². The van der Waals surface area contributed by atoms with Gasteiger partial charge < -0.3 is 10.1 Å². The zero-order chi connectivity index (χ0) is 23.1. The Balaban J connectivity index is 1.54. The van der Waals surface area contributed by atoms with Crippen molar-refractivity contribution < 1.29 is 4.74 Å². The first-order valence-electron chi connectivity index (χ1n) is 9.97. The summed E-state index contributed by atoms with van der Waals surface area (Å²) in [6.07, 6.45) is 1.71. The van der Waals surface area contributed by atoms with E-state index >= 15 is 0 Å². The third kappa shape index (κ3) is 3.82. The molecule has 0 unspecified atom stereocenters. The Morgan fingerprint density at radius 1 is 1.12 bits per heavy atom. The highest BCUT2D eigenvalue weighted by Gasteiger charge is 2.17. The molecule has 0 bridgehead atoms. The van der Waals surface area contributed by atoms with Crippen LogP contribution in [-0.4, -0.2) is 31.6 Å². The van der Waals surface area contributed by atoms with E-state index in [4.69, 9.17) is 34.5 Å². The van der Waals surface area contributed by atoms with Gasteiger partial charge in [0.2, 0.25) is 0 Å². The van der Waals surface area contributed by atoms with Crippen molar-refractivity contribution >= 4 is 56.6 Å². The van der Waals surface area contributed by atoms with Gasteiger partial charge in [0.25, 0.3) is 0 Å². The second kappa shape index (κ2) is 8.28. The van der Waals surface area contributed by atoms with Gasteiger partial charge in [-0.3, -0.25) is 9.36 Å². The maximum Gasteiger partial charge on any atom is 0.192 e. The maximum atomic E-state index is 7.24. The molecule has 5 aromatic rings. The molecule has 8 nitrogen and oxygen atoms in total. The number of aryl methyl sites for hydroxylation is 1. The number of nitrogens with zero attached hydrogens (tertiary/aromatic N) is 6. The molecule has 0 atom stereocenters. The molecule has 0 fully saturated rings. The predicted molar refractivity (Wildman–Crippen MR) is 130 cm³/mol. The fraction of sp³-hybridized carbons (Fsp3) is 0.130. The van der Waals surface area contributed by atoms with Crippen LogP contribution in [0, 0.1) is 6.57 Å². The first kappa shape index (κ1) is 21.1. The molecule has 0 saturated heterocycles. The minimum absolute atomic E-state index is 0.383. The van der Waals surface area contributed by atoms with E-state index in [1.54, 1.807) is 35.1 Å². The van der Waals surface area contributed by atoms with E-state index in [2.05, 4.69) is 25.3 Å². The van der Waals surface area contributed by atoms with Gasteiger partial charge >= 0.3 is 0 Å². The van der Waals surface area contributed by atoms with E-state index in [1.165, 1.54) is 0 Å².